The van der Waals surface area contributed by atoms with Gasteiger partial charge in [-0.3, -0.25) is 14.8 Å². The van der Waals surface area contributed by atoms with Gasteiger partial charge in [0.25, 0.3) is 5.56 Å². The van der Waals surface area contributed by atoms with Crippen LogP contribution in [0.2, 0.25) is 5.02 Å². The van der Waals surface area contributed by atoms with Gasteiger partial charge in [-0.2, -0.15) is 0 Å². The summed E-state index contributed by atoms with van der Waals surface area (Å²) in [5, 5.41) is 3.38. The predicted octanol–water partition coefficient (Wildman–Crippen LogP) is 5.03. The van der Waals surface area contributed by atoms with Gasteiger partial charge in [-0.1, -0.05) is 31.5 Å². The van der Waals surface area contributed by atoms with E-state index >= 15 is 0 Å². The maximum absolute atomic E-state index is 13.5. The smallest absolute Gasteiger partial charge is 0.256 e. The minimum Gasteiger partial charge on any atom is -0.353 e. The monoisotopic (exact) mass is 396 g/mol. The molecule has 1 aliphatic rings. The van der Waals surface area contributed by atoms with Crippen molar-refractivity contribution < 1.29 is 4.39 Å². The fourth-order valence-corrected chi connectivity index (χ4v) is 3.43. The Labute approximate surface area is 166 Å². The van der Waals surface area contributed by atoms with E-state index in [9.17, 15) is 9.18 Å². The molecule has 28 heavy (non-hydrogen) atoms. The minimum absolute atomic E-state index is 0.0255. The topological polar surface area (TPSA) is 70.1 Å². The Bertz CT molecular complexity index is 1150. The molecule has 0 atom stereocenters. The number of rotatable bonds is 4. The van der Waals surface area contributed by atoms with Crippen molar-refractivity contribution in [1.29, 1.82) is 0 Å². The highest BCUT2D eigenvalue weighted by Gasteiger charge is 2.17. The number of benzene rings is 1. The molecule has 2 aromatic heterocycles. The second kappa shape index (κ2) is 7.20. The largest absolute Gasteiger partial charge is 0.353 e. The molecule has 0 unspecified atom stereocenters. The van der Waals surface area contributed by atoms with Gasteiger partial charge in [0.05, 0.1) is 28.6 Å². The van der Waals surface area contributed by atoms with Gasteiger partial charge in [-0.15, -0.1) is 0 Å². The lowest BCUT2D eigenvalue weighted by molar-refractivity contribution is 0.628. The minimum atomic E-state index is -0.523. The first kappa shape index (κ1) is 18.4. The summed E-state index contributed by atoms with van der Waals surface area (Å²) in [6.07, 6.45) is 3.53. The van der Waals surface area contributed by atoms with Crippen LogP contribution in [-0.2, 0) is 6.54 Å². The molecule has 1 aliphatic heterocycles. The molecule has 5 nitrogen and oxygen atoms in total. The highest BCUT2D eigenvalue weighted by Crippen LogP contribution is 2.31. The number of nitrogens with zero attached hydrogens (tertiary/aromatic N) is 2. The summed E-state index contributed by atoms with van der Waals surface area (Å²) in [7, 11) is 0. The zero-order valence-corrected chi connectivity index (χ0v) is 16.1. The van der Waals surface area contributed by atoms with E-state index < -0.39 is 5.82 Å². The molecule has 0 bridgehead atoms. The average molecular weight is 397 g/mol. The van der Waals surface area contributed by atoms with Crippen LogP contribution in [0.25, 0.3) is 11.1 Å². The number of fused-ring (bicyclic) bond motifs is 1. The first-order valence-electron chi connectivity index (χ1n) is 8.91. The lowest BCUT2D eigenvalue weighted by atomic mass is 10.0. The quantitative estimate of drug-likeness (QED) is 0.649. The SMILES string of the molecule is CC(C)c1[nH]c(=O)c(-c2ccc(F)c(Cl)c2)cc1Nc1ccnc2c1C=NC2. The number of aliphatic imine (C=N–C) groups is 1. The number of hydrogen-bond donors (Lipinski definition) is 2. The van der Waals surface area contributed by atoms with Gasteiger partial charge < -0.3 is 10.3 Å². The normalized spacial score (nSPS) is 12.5. The summed E-state index contributed by atoms with van der Waals surface area (Å²) in [4.78, 5) is 24.3. The Hall–Kier alpha value is -2.99. The molecule has 0 saturated heterocycles. The second-order valence-electron chi connectivity index (χ2n) is 6.94. The first-order valence-corrected chi connectivity index (χ1v) is 9.29. The molecule has 0 fully saturated rings. The Morgan fingerprint density at radius 1 is 1.21 bits per heavy atom. The summed E-state index contributed by atoms with van der Waals surface area (Å²) in [5.74, 6) is -0.435. The third-order valence-corrected chi connectivity index (χ3v) is 4.97. The van der Waals surface area contributed by atoms with Gasteiger partial charge in [0.2, 0.25) is 0 Å². The molecule has 0 spiro atoms. The highest BCUT2D eigenvalue weighted by atomic mass is 35.5. The van der Waals surface area contributed by atoms with E-state index in [1.54, 1.807) is 24.5 Å². The number of nitrogens with one attached hydrogen (secondary N) is 2. The molecule has 2 N–H and O–H groups in total. The van der Waals surface area contributed by atoms with Crippen LogP contribution in [0.4, 0.5) is 15.8 Å². The zero-order chi connectivity index (χ0) is 19.8. The Morgan fingerprint density at radius 3 is 2.79 bits per heavy atom. The molecule has 7 heteroatoms. The number of aromatic amines is 1. The van der Waals surface area contributed by atoms with E-state index in [2.05, 4.69) is 20.3 Å². The van der Waals surface area contributed by atoms with Crippen molar-refractivity contribution in [3.63, 3.8) is 0 Å². The maximum Gasteiger partial charge on any atom is 0.256 e. The number of H-pyrrole nitrogens is 1. The summed E-state index contributed by atoms with van der Waals surface area (Å²) >= 11 is 5.91. The summed E-state index contributed by atoms with van der Waals surface area (Å²) in [6.45, 7) is 4.57. The van der Waals surface area contributed by atoms with E-state index in [1.165, 1.54) is 12.1 Å². The first-order chi connectivity index (χ1) is 13.4. The number of hydrogen-bond acceptors (Lipinski definition) is 4. The van der Waals surface area contributed by atoms with Crippen LogP contribution in [0.3, 0.4) is 0 Å². The second-order valence-corrected chi connectivity index (χ2v) is 7.34. The molecule has 142 valence electrons. The molecule has 1 aromatic carbocycles. The van der Waals surface area contributed by atoms with Gasteiger partial charge in [0.1, 0.15) is 5.82 Å². The Kier molecular flexibility index (Phi) is 4.73. The fourth-order valence-electron chi connectivity index (χ4n) is 3.25. The van der Waals surface area contributed by atoms with E-state index in [4.69, 9.17) is 11.6 Å². The van der Waals surface area contributed by atoms with Crippen molar-refractivity contribution in [2.24, 2.45) is 4.99 Å². The highest BCUT2D eigenvalue weighted by molar-refractivity contribution is 6.31. The molecule has 4 rings (SSSR count). The van der Waals surface area contributed by atoms with Gasteiger partial charge >= 0.3 is 0 Å². The van der Waals surface area contributed by atoms with Gasteiger partial charge in [-0.05, 0) is 35.7 Å². The summed E-state index contributed by atoms with van der Waals surface area (Å²) in [6, 6.07) is 7.90. The molecule has 0 amide bonds. The molecule has 0 aliphatic carbocycles. The van der Waals surface area contributed by atoms with Crippen molar-refractivity contribution >= 4 is 29.2 Å². The molecule has 3 aromatic rings. The molecular formula is C21H18ClFN4O. The van der Waals surface area contributed by atoms with Gasteiger partial charge in [0.15, 0.2) is 0 Å². The molecule has 0 saturated carbocycles. The Balaban J connectivity index is 1.84. The van der Waals surface area contributed by atoms with Crippen LogP contribution in [0.1, 0.15) is 36.7 Å². The zero-order valence-electron chi connectivity index (χ0n) is 15.4. The Morgan fingerprint density at radius 2 is 2.04 bits per heavy atom. The van der Waals surface area contributed by atoms with E-state index in [0.717, 1.165) is 28.3 Å². The maximum atomic E-state index is 13.5. The number of halogens is 2. The predicted molar refractivity (Wildman–Crippen MR) is 110 cm³/mol. The standard InChI is InChI=1S/C21H18ClFN4O/c1-11(2)20-18(26-17-5-6-25-19-10-24-9-14(17)19)8-13(21(28)27-20)12-3-4-16(23)15(22)7-12/h3-9,11H,10H2,1-2H3,(H,25,26)(H,27,28). The average Bonchev–Trinajstić information content (AvgIpc) is 3.15. The number of anilines is 2. The summed E-state index contributed by atoms with van der Waals surface area (Å²) < 4.78 is 13.5. The van der Waals surface area contributed by atoms with Crippen molar-refractivity contribution in [1.82, 2.24) is 9.97 Å². The van der Waals surface area contributed by atoms with Crippen LogP contribution in [-0.4, -0.2) is 16.2 Å². The van der Waals surface area contributed by atoms with E-state index in [1.807, 2.05) is 19.9 Å². The lowest BCUT2D eigenvalue weighted by Crippen LogP contribution is -2.15. The van der Waals surface area contributed by atoms with Crippen molar-refractivity contribution in [2.75, 3.05) is 5.32 Å². The van der Waals surface area contributed by atoms with E-state index in [0.29, 0.717) is 17.7 Å². The van der Waals surface area contributed by atoms with Crippen LogP contribution >= 0.6 is 11.6 Å². The van der Waals surface area contributed by atoms with Gasteiger partial charge in [0, 0.05) is 29.2 Å². The van der Waals surface area contributed by atoms with Crippen LogP contribution in [0.15, 0.2) is 46.3 Å². The third-order valence-electron chi connectivity index (χ3n) is 4.68. The third kappa shape index (κ3) is 3.31. The molecule has 3 heterocycles. The molecule has 0 radical (unpaired) electrons. The summed E-state index contributed by atoms with van der Waals surface area (Å²) in [5.41, 5.74) is 4.96. The van der Waals surface area contributed by atoms with Crippen molar-refractivity contribution in [2.45, 2.75) is 26.3 Å². The van der Waals surface area contributed by atoms with Gasteiger partial charge in [-0.25, -0.2) is 4.39 Å². The van der Waals surface area contributed by atoms with Crippen LogP contribution < -0.4 is 10.9 Å². The fraction of sp³-hybridized carbons (Fsp3) is 0.190. The van der Waals surface area contributed by atoms with Crippen molar-refractivity contribution in [3.8, 4) is 11.1 Å². The number of aromatic nitrogens is 2. The van der Waals surface area contributed by atoms with Crippen LogP contribution in [0, 0.1) is 5.82 Å². The number of pyridine rings is 2. The lowest BCUT2D eigenvalue weighted by Gasteiger charge is -2.17. The molecular weight excluding hydrogens is 379 g/mol. The van der Waals surface area contributed by atoms with E-state index in [-0.39, 0.29) is 16.5 Å². The van der Waals surface area contributed by atoms with Crippen molar-refractivity contribution in [3.05, 3.63) is 74.7 Å². The van der Waals surface area contributed by atoms with Crippen LogP contribution in [0.5, 0.6) is 0 Å².